The van der Waals surface area contributed by atoms with Crippen molar-refractivity contribution in [1.29, 1.82) is 5.26 Å². The van der Waals surface area contributed by atoms with Crippen molar-refractivity contribution in [3.8, 4) is 11.8 Å². The van der Waals surface area contributed by atoms with Gasteiger partial charge in [0.2, 0.25) is 11.8 Å². The maximum absolute atomic E-state index is 13.5. The van der Waals surface area contributed by atoms with E-state index in [1.807, 2.05) is 13.0 Å². The molecule has 3 aromatic carbocycles. The van der Waals surface area contributed by atoms with Crippen molar-refractivity contribution >= 4 is 63.5 Å². The number of thiophene rings is 1. The second-order valence-electron chi connectivity index (χ2n) is 10.7. The summed E-state index contributed by atoms with van der Waals surface area (Å²) < 4.78 is 5.51. The molecule has 4 amide bonds. The Balaban J connectivity index is 1.25. The minimum Gasteiger partial charge on any atom is -0.494 e. The van der Waals surface area contributed by atoms with E-state index in [-0.39, 0.29) is 23.3 Å². The van der Waals surface area contributed by atoms with Crippen LogP contribution in [-0.2, 0) is 27.3 Å². The lowest BCUT2D eigenvalue weighted by molar-refractivity contribution is -0.129. The maximum Gasteiger partial charge on any atom is 0.272 e. The number of hydrogen-bond acceptors (Lipinski definition) is 8. The second-order valence-corrected chi connectivity index (χ2v) is 12.9. The lowest BCUT2D eigenvalue weighted by Gasteiger charge is -2.25. The molecule has 0 radical (unpaired) electrons. The zero-order valence-corrected chi connectivity index (χ0v) is 28.0. The van der Waals surface area contributed by atoms with Crippen molar-refractivity contribution in [3.05, 3.63) is 112 Å². The highest BCUT2D eigenvalue weighted by Gasteiger charge is 2.26. The lowest BCUT2D eigenvalue weighted by Crippen LogP contribution is -2.33. The molecule has 2 heterocycles. The molecule has 0 saturated carbocycles. The minimum absolute atomic E-state index is 0.0234. The van der Waals surface area contributed by atoms with Crippen LogP contribution in [-0.4, -0.2) is 47.4 Å². The van der Waals surface area contributed by atoms with Gasteiger partial charge in [0.15, 0.2) is 0 Å². The molecule has 1 aliphatic heterocycles. The molecule has 4 aromatic rings. The number of carbonyl (C=O) groups is 4. The third kappa shape index (κ3) is 8.70. The Hall–Kier alpha value is -5.38. The fourth-order valence-corrected chi connectivity index (χ4v) is 6.97. The van der Waals surface area contributed by atoms with E-state index in [2.05, 4.69) is 22.0 Å². The molecule has 0 saturated heterocycles. The average molecular weight is 680 g/mol. The molecule has 10 nitrogen and oxygen atoms in total. The summed E-state index contributed by atoms with van der Waals surface area (Å²) in [7, 11) is 0. The van der Waals surface area contributed by atoms with Crippen molar-refractivity contribution in [1.82, 2.24) is 10.2 Å². The number of anilines is 2. The molecule has 12 heteroatoms. The van der Waals surface area contributed by atoms with Gasteiger partial charge in [-0.25, -0.2) is 0 Å². The van der Waals surface area contributed by atoms with Gasteiger partial charge in [-0.05, 0) is 73.0 Å². The summed E-state index contributed by atoms with van der Waals surface area (Å²) in [5.74, 6) is -0.497. The maximum atomic E-state index is 13.5. The predicted octanol–water partition coefficient (Wildman–Crippen LogP) is 6.06. The van der Waals surface area contributed by atoms with Crippen LogP contribution in [0, 0.1) is 11.3 Å². The van der Waals surface area contributed by atoms with Gasteiger partial charge in [0, 0.05) is 34.5 Å². The molecule has 1 aliphatic rings. The SMILES string of the molecule is CCOc1ccc(/C=C(/NC(=O)c2ccccc2)C(=O)Nc2cccc(SCC(=O)Nc3sc4c(c3C#N)CCN(C(C)=O)C4)c2)cc1. The Labute approximate surface area is 286 Å². The Morgan fingerprint density at radius 1 is 1.02 bits per heavy atom. The molecule has 0 bridgehead atoms. The molecule has 0 spiro atoms. The fraction of sp³-hybridized carbons (Fsp3) is 0.194. The topological polar surface area (TPSA) is 141 Å². The number of amides is 4. The summed E-state index contributed by atoms with van der Waals surface area (Å²) >= 11 is 2.60. The van der Waals surface area contributed by atoms with E-state index in [4.69, 9.17) is 4.74 Å². The number of hydrogen-bond donors (Lipinski definition) is 3. The van der Waals surface area contributed by atoms with Crippen molar-refractivity contribution < 1.29 is 23.9 Å². The van der Waals surface area contributed by atoms with Crippen LogP contribution in [0.2, 0.25) is 0 Å². The molecule has 0 aliphatic carbocycles. The van der Waals surface area contributed by atoms with Crippen molar-refractivity contribution in [2.75, 3.05) is 29.5 Å². The Kier molecular flexibility index (Phi) is 11.3. The minimum atomic E-state index is -0.526. The highest BCUT2D eigenvalue weighted by Crippen LogP contribution is 2.37. The largest absolute Gasteiger partial charge is 0.494 e. The van der Waals surface area contributed by atoms with E-state index in [0.717, 1.165) is 15.3 Å². The Morgan fingerprint density at radius 2 is 1.79 bits per heavy atom. The van der Waals surface area contributed by atoms with Crippen molar-refractivity contribution in [2.45, 2.75) is 31.7 Å². The molecule has 0 fully saturated rings. The molecule has 0 atom stereocenters. The highest BCUT2D eigenvalue weighted by molar-refractivity contribution is 8.00. The number of carbonyl (C=O) groups excluding carboxylic acids is 4. The van der Waals surface area contributed by atoms with E-state index >= 15 is 0 Å². The second kappa shape index (κ2) is 15.9. The third-order valence-electron chi connectivity index (χ3n) is 7.36. The summed E-state index contributed by atoms with van der Waals surface area (Å²) in [4.78, 5) is 54.6. The van der Waals surface area contributed by atoms with E-state index in [9.17, 15) is 24.4 Å². The van der Waals surface area contributed by atoms with E-state index in [0.29, 0.717) is 59.2 Å². The lowest BCUT2D eigenvalue weighted by atomic mass is 10.0. The fourth-order valence-electron chi connectivity index (χ4n) is 4.99. The first kappa shape index (κ1) is 34.0. The summed E-state index contributed by atoms with van der Waals surface area (Å²) in [6.45, 7) is 4.92. The summed E-state index contributed by atoms with van der Waals surface area (Å²) in [6.07, 6.45) is 2.16. The van der Waals surface area contributed by atoms with Gasteiger partial charge >= 0.3 is 0 Å². The number of rotatable bonds is 11. The van der Waals surface area contributed by atoms with Gasteiger partial charge < -0.3 is 25.6 Å². The number of fused-ring (bicyclic) bond motifs is 1. The standard InChI is InChI=1S/C36H33N5O5S2/c1-3-46-27-14-12-24(13-15-27)18-31(39-34(44)25-8-5-4-6-9-25)35(45)38-26-10-7-11-28(19-26)47-22-33(43)40-36-30(20-37)29-16-17-41(23(2)42)21-32(29)48-36/h4-15,18-19H,3,16-17,21-22H2,1-2H3,(H,38,45)(H,39,44)(H,40,43)/b31-18+. The number of thioether (sulfide) groups is 1. The number of ether oxygens (including phenoxy) is 1. The van der Waals surface area contributed by atoms with Gasteiger partial charge in [0.05, 0.1) is 24.5 Å². The zero-order valence-electron chi connectivity index (χ0n) is 26.4. The molecule has 5 rings (SSSR count). The molecule has 1 aromatic heterocycles. The molecule has 3 N–H and O–H groups in total. The smallest absolute Gasteiger partial charge is 0.272 e. The van der Waals surface area contributed by atoms with Gasteiger partial charge in [0.1, 0.15) is 22.5 Å². The average Bonchev–Trinajstić information content (AvgIpc) is 3.44. The van der Waals surface area contributed by atoms with Crippen LogP contribution < -0.4 is 20.7 Å². The first-order chi connectivity index (χ1) is 23.2. The van der Waals surface area contributed by atoms with Crippen LogP contribution in [0.3, 0.4) is 0 Å². The summed E-state index contributed by atoms with van der Waals surface area (Å²) in [5, 5.41) is 18.7. The van der Waals surface area contributed by atoms with Gasteiger partial charge in [-0.1, -0.05) is 36.4 Å². The number of nitrogens with one attached hydrogen (secondary N) is 3. The van der Waals surface area contributed by atoms with E-state index in [1.165, 1.54) is 30.0 Å². The van der Waals surface area contributed by atoms with Gasteiger partial charge in [-0.15, -0.1) is 23.1 Å². The van der Waals surface area contributed by atoms with Gasteiger partial charge in [-0.2, -0.15) is 5.26 Å². The first-order valence-corrected chi connectivity index (χ1v) is 17.0. The molecule has 244 valence electrons. The Morgan fingerprint density at radius 3 is 2.50 bits per heavy atom. The van der Waals surface area contributed by atoms with Crippen LogP contribution in [0.5, 0.6) is 5.75 Å². The van der Waals surface area contributed by atoms with E-state index < -0.39 is 11.8 Å². The third-order valence-corrected chi connectivity index (χ3v) is 9.49. The highest BCUT2D eigenvalue weighted by atomic mass is 32.2. The molecular formula is C36H33N5O5S2. The number of nitriles is 1. The van der Waals surface area contributed by atoms with Gasteiger partial charge in [0.25, 0.3) is 11.8 Å². The van der Waals surface area contributed by atoms with Crippen LogP contribution in [0.1, 0.15) is 45.8 Å². The first-order valence-electron chi connectivity index (χ1n) is 15.2. The van der Waals surface area contributed by atoms with Gasteiger partial charge in [-0.3, -0.25) is 19.2 Å². The summed E-state index contributed by atoms with van der Waals surface area (Å²) in [5.41, 5.74) is 2.96. The summed E-state index contributed by atoms with van der Waals surface area (Å²) in [6, 6.07) is 25.0. The van der Waals surface area contributed by atoms with Crippen LogP contribution >= 0.6 is 23.1 Å². The normalized spacial score (nSPS) is 12.4. The zero-order chi connectivity index (χ0) is 34.0. The van der Waals surface area contributed by atoms with Crippen molar-refractivity contribution in [3.63, 3.8) is 0 Å². The molecular weight excluding hydrogens is 647 g/mol. The monoisotopic (exact) mass is 679 g/mol. The van der Waals surface area contributed by atoms with Crippen LogP contribution in [0.4, 0.5) is 10.7 Å². The van der Waals surface area contributed by atoms with Crippen LogP contribution in [0.25, 0.3) is 6.08 Å². The quantitative estimate of drug-likeness (QED) is 0.129. The predicted molar refractivity (Wildman–Crippen MR) is 188 cm³/mol. The molecule has 0 unspecified atom stereocenters. The molecule has 48 heavy (non-hydrogen) atoms. The Bertz CT molecular complexity index is 1900. The van der Waals surface area contributed by atoms with Crippen molar-refractivity contribution in [2.24, 2.45) is 0 Å². The number of benzene rings is 3. The van der Waals surface area contributed by atoms with Crippen LogP contribution in [0.15, 0.2) is 89.5 Å². The van der Waals surface area contributed by atoms with E-state index in [1.54, 1.807) is 83.8 Å². The number of nitrogens with zero attached hydrogens (tertiary/aromatic N) is 2.